The first-order chi connectivity index (χ1) is 5.16. The third kappa shape index (κ3) is 1.44. The van der Waals surface area contributed by atoms with Crippen molar-refractivity contribution in [1.82, 2.24) is 4.37 Å². The van der Waals surface area contributed by atoms with E-state index in [-0.39, 0.29) is 15.8 Å². The number of nitrogens with zero attached hydrogens (tertiary/aromatic N) is 1. The molecule has 0 aliphatic carbocycles. The Morgan fingerprint density at radius 3 is 2.73 bits per heavy atom. The maximum absolute atomic E-state index is 10.4. The van der Waals surface area contributed by atoms with Crippen LogP contribution >= 0.6 is 23.1 Å². The first-order valence-corrected chi connectivity index (χ1v) is 3.74. The summed E-state index contributed by atoms with van der Waals surface area (Å²) in [5.41, 5.74) is 0. The molecule has 1 N–H and O–H groups in total. The van der Waals surface area contributed by atoms with Crippen LogP contribution in [-0.4, -0.2) is 22.6 Å². The number of carbonyl (C=O) groups is 1. The fourth-order valence-corrected chi connectivity index (χ4v) is 1.46. The number of aromatic nitrogens is 1. The minimum atomic E-state index is -1.09. The molecule has 0 saturated heterocycles. The molecule has 0 spiro atoms. The summed E-state index contributed by atoms with van der Waals surface area (Å²) < 4.78 is 8.34. The van der Waals surface area contributed by atoms with Crippen molar-refractivity contribution in [1.29, 1.82) is 0 Å². The van der Waals surface area contributed by atoms with Crippen LogP contribution in [0.1, 0.15) is 9.67 Å². The molecule has 0 aromatic carbocycles. The third-order valence-corrected chi connectivity index (χ3v) is 2.28. The van der Waals surface area contributed by atoms with E-state index in [1.807, 2.05) is 0 Å². The van der Waals surface area contributed by atoms with Gasteiger partial charge < -0.3 is 9.84 Å². The van der Waals surface area contributed by atoms with Crippen molar-refractivity contribution in [3.8, 4) is 5.88 Å². The van der Waals surface area contributed by atoms with Crippen molar-refractivity contribution < 1.29 is 14.6 Å². The lowest BCUT2D eigenvalue weighted by molar-refractivity contribution is 0.0702. The van der Waals surface area contributed by atoms with Crippen molar-refractivity contribution in [3.05, 3.63) is 9.90 Å². The highest BCUT2D eigenvalue weighted by atomic mass is 35.5. The van der Waals surface area contributed by atoms with Crippen LogP contribution in [0, 0.1) is 0 Å². The molecule has 1 aromatic rings. The quantitative estimate of drug-likeness (QED) is 0.774. The summed E-state index contributed by atoms with van der Waals surface area (Å²) in [7, 11) is 1.38. The van der Waals surface area contributed by atoms with Gasteiger partial charge in [-0.3, -0.25) is 0 Å². The van der Waals surface area contributed by atoms with E-state index in [1.54, 1.807) is 0 Å². The van der Waals surface area contributed by atoms with Crippen molar-refractivity contribution in [2.75, 3.05) is 7.11 Å². The second kappa shape index (κ2) is 3.06. The average molecular weight is 194 g/mol. The summed E-state index contributed by atoms with van der Waals surface area (Å²) in [6.45, 7) is 0. The van der Waals surface area contributed by atoms with E-state index in [1.165, 1.54) is 7.11 Å². The molecule has 6 heteroatoms. The van der Waals surface area contributed by atoms with Crippen molar-refractivity contribution in [2.24, 2.45) is 0 Å². The number of methoxy groups -OCH3 is 1. The zero-order valence-electron chi connectivity index (χ0n) is 5.50. The second-order valence-electron chi connectivity index (χ2n) is 1.64. The number of hydrogen-bond acceptors (Lipinski definition) is 4. The predicted octanol–water partition coefficient (Wildman–Crippen LogP) is 1.50. The van der Waals surface area contributed by atoms with Crippen LogP contribution in [0.3, 0.4) is 0 Å². The Labute approximate surface area is 71.5 Å². The molecule has 1 heterocycles. The molecule has 0 amide bonds. The SMILES string of the molecule is COc1nsc(C(=O)O)c1Cl. The first-order valence-electron chi connectivity index (χ1n) is 2.59. The van der Waals surface area contributed by atoms with E-state index in [0.29, 0.717) is 0 Å². The Morgan fingerprint density at radius 2 is 2.45 bits per heavy atom. The van der Waals surface area contributed by atoms with Crippen molar-refractivity contribution in [2.45, 2.75) is 0 Å². The van der Waals surface area contributed by atoms with Crippen LogP contribution in [-0.2, 0) is 0 Å². The Morgan fingerprint density at radius 1 is 1.82 bits per heavy atom. The van der Waals surface area contributed by atoms with Gasteiger partial charge in [0, 0.05) is 0 Å². The minimum absolute atomic E-state index is 0.00326. The van der Waals surface area contributed by atoms with Gasteiger partial charge in [-0.15, -0.1) is 0 Å². The van der Waals surface area contributed by atoms with Crippen LogP contribution in [0.25, 0.3) is 0 Å². The summed E-state index contributed by atoms with van der Waals surface area (Å²) >= 11 is 6.36. The highest BCUT2D eigenvalue weighted by molar-refractivity contribution is 7.08. The van der Waals surface area contributed by atoms with E-state index in [4.69, 9.17) is 16.7 Å². The van der Waals surface area contributed by atoms with Crippen LogP contribution < -0.4 is 4.74 Å². The molecule has 0 aliphatic heterocycles. The van der Waals surface area contributed by atoms with Crippen molar-refractivity contribution >= 4 is 29.1 Å². The van der Waals surface area contributed by atoms with Gasteiger partial charge in [-0.25, -0.2) is 4.79 Å². The number of halogens is 1. The number of aromatic carboxylic acids is 1. The molecule has 1 aromatic heterocycles. The minimum Gasteiger partial charge on any atom is -0.479 e. The molecular formula is C5H4ClNO3S. The highest BCUT2D eigenvalue weighted by Crippen LogP contribution is 2.30. The first kappa shape index (κ1) is 8.29. The molecule has 11 heavy (non-hydrogen) atoms. The van der Waals surface area contributed by atoms with Crippen LogP contribution in [0.5, 0.6) is 5.88 Å². The molecule has 0 aliphatic rings. The summed E-state index contributed by atoms with van der Waals surface area (Å²) in [6, 6.07) is 0. The number of ether oxygens (including phenoxy) is 1. The van der Waals surface area contributed by atoms with Crippen LogP contribution in [0.15, 0.2) is 0 Å². The Balaban J connectivity index is 3.10. The molecular weight excluding hydrogens is 190 g/mol. The van der Waals surface area contributed by atoms with Gasteiger partial charge in [0.05, 0.1) is 7.11 Å². The van der Waals surface area contributed by atoms with E-state index < -0.39 is 5.97 Å². The Hall–Kier alpha value is -0.810. The summed E-state index contributed by atoms with van der Waals surface area (Å²) in [5, 5.41) is 8.57. The fourth-order valence-electron chi connectivity index (χ4n) is 0.524. The third-order valence-electron chi connectivity index (χ3n) is 0.995. The lowest BCUT2D eigenvalue weighted by Crippen LogP contribution is -1.92. The highest BCUT2D eigenvalue weighted by Gasteiger charge is 2.17. The zero-order chi connectivity index (χ0) is 8.43. The summed E-state index contributed by atoms with van der Waals surface area (Å²) in [5.74, 6) is -0.926. The van der Waals surface area contributed by atoms with E-state index >= 15 is 0 Å². The Kier molecular flexibility index (Phi) is 2.31. The zero-order valence-corrected chi connectivity index (χ0v) is 7.07. The normalized spacial score (nSPS) is 9.64. The molecule has 0 fully saturated rings. The molecule has 0 unspecified atom stereocenters. The summed E-state index contributed by atoms with van der Waals surface area (Å²) in [4.78, 5) is 10.4. The lowest BCUT2D eigenvalue weighted by Gasteiger charge is -1.91. The standard InChI is InChI=1S/C5H4ClNO3S/c1-10-4-2(6)3(5(8)9)11-7-4/h1H3,(H,8,9). The molecule has 0 bridgehead atoms. The lowest BCUT2D eigenvalue weighted by atomic mass is 10.5. The molecule has 4 nitrogen and oxygen atoms in total. The van der Waals surface area contributed by atoms with Gasteiger partial charge in [0.1, 0.15) is 5.02 Å². The fraction of sp³-hybridized carbons (Fsp3) is 0.200. The van der Waals surface area contributed by atoms with Crippen LogP contribution in [0.2, 0.25) is 5.02 Å². The topological polar surface area (TPSA) is 59.4 Å². The average Bonchev–Trinajstić information content (AvgIpc) is 2.30. The number of hydrogen-bond donors (Lipinski definition) is 1. The molecule has 0 radical (unpaired) electrons. The number of carboxylic acid groups (broad SMARTS) is 1. The van der Waals surface area contributed by atoms with Gasteiger partial charge in [-0.1, -0.05) is 11.6 Å². The number of rotatable bonds is 2. The predicted molar refractivity (Wildman–Crippen MR) is 40.6 cm³/mol. The molecule has 0 saturated carbocycles. The number of carboxylic acids is 1. The smallest absolute Gasteiger partial charge is 0.349 e. The van der Waals surface area contributed by atoms with Crippen LogP contribution in [0.4, 0.5) is 0 Å². The monoisotopic (exact) mass is 193 g/mol. The van der Waals surface area contributed by atoms with Gasteiger partial charge >= 0.3 is 5.97 Å². The molecule has 60 valence electrons. The van der Waals surface area contributed by atoms with E-state index in [2.05, 4.69) is 9.11 Å². The maximum Gasteiger partial charge on any atom is 0.349 e. The largest absolute Gasteiger partial charge is 0.479 e. The Bertz CT molecular complexity index is 285. The van der Waals surface area contributed by atoms with E-state index in [0.717, 1.165) is 11.5 Å². The van der Waals surface area contributed by atoms with Gasteiger partial charge in [0.2, 0.25) is 5.88 Å². The van der Waals surface area contributed by atoms with E-state index in [9.17, 15) is 4.79 Å². The van der Waals surface area contributed by atoms with Gasteiger partial charge in [0.25, 0.3) is 0 Å². The molecule has 1 rings (SSSR count). The van der Waals surface area contributed by atoms with Crippen molar-refractivity contribution in [3.63, 3.8) is 0 Å². The van der Waals surface area contributed by atoms with Gasteiger partial charge in [0.15, 0.2) is 4.88 Å². The molecule has 0 atom stereocenters. The second-order valence-corrected chi connectivity index (χ2v) is 2.79. The maximum atomic E-state index is 10.4. The van der Waals surface area contributed by atoms with Gasteiger partial charge in [-0.2, -0.15) is 4.37 Å². The summed E-state index contributed by atoms with van der Waals surface area (Å²) in [6.07, 6.45) is 0. The van der Waals surface area contributed by atoms with Gasteiger partial charge in [-0.05, 0) is 11.5 Å².